The molecule has 0 radical (unpaired) electrons. The highest BCUT2D eigenvalue weighted by molar-refractivity contribution is 6.33. The van der Waals surface area contributed by atoms with Gasteiger partial charge in [-0.1, -0.05) is 23.7 Å². The van der Waals surface area contributed by atoms with Crippen LogP contribution in [0.5, 0.6) is 5.75 Å². The molecule has 9 heteroatoms. The first-order valence-corrected chi connectivity index (χ1v) is 8.32. The molecule has 0 fully saturated rings. The molecule has 7 nitrogen and oxygen atoms in total. The maximum absolute atomic E-state index is 12.7. The number of ether oxygens (including phenoxy) is 1. The molecule has 0 saturated carbocycles. The van der Waals surface area contributed by atoms with Gasteiger partial charge in [0.2, 0.25) is 5.91 Å². The van der Waals surface area contributed by atoms with E-state index in [9.17, 15) is 18.8 Å². The van der Waals surface area contributed by atoms with Crippen LogP contribution >= 0.6 is 11.6 Å². The second-order valence-electron chi connectivity index (χ2n) is 5.32. The standard InChI is InChI=1S/C18H17ClFN3O4/c19-15-4-2-1-3-14(15)18(26)21-10-9-16(24)22-23-17(25)11-27-13-7-5-12(20)6-8-13/h1-8H,9-11H2,(H,21,26)(H,22,24)(H,23,25). The predicted octanol–water partition coefficient (Wildman–Crippen LogP) is 1.83. The molecule has 0 spiro atoms. The quantitative estimate of drug-likeness (QED) is 0.625. The molecule has 0 atom stereocenters. The Morgan fingerprint density at radius 3 is 2.33 bits per heavy atom. The topological polar surface area (TPSA) is 96.5 Å². The van der Waals surface area contributed by atoms with E-state index in [-0.39, 0.29) is 19.6 Å². The molecule has 27 heavy (non-hydrogen) atoms. The SMILES string of the molecule is O=C(CCNC(=O)c1ccccc1Cl)NNC(=O)COc1ccc(F)cc1. The summed E-state index contributed by atoms with van der Waals surface area (Å²) in [6, 6.07) is 11.7. The third-order valence-electron chi connectivity index (χ3n) is 3.28. The van der Waals surface area contributed by atoms with Crippen LogP contribution in [0, 0.1) is 5.82 Å². The number of amides is 3. The maximum atomic E-state index is 12.7. The van der Waals surface area contributed by atoms with Crippen LogP contribution in [-0.4, -0.2) is 30.9 Å². The van der Waals surface area contributed by atoms with Gasteiger partial charge in [-0.05, 0) is 36.4 Å². The number of hydrogen-bond donors (Lipinski definition) is 3. The van der Waals surface area contributed by atoms with E-state index in [2.05, 4.69) is 16.2 Å². The highest BCUT2D eigenvalue weighted by atomic mass is 35.5. The fraction of sp³-hybridized carbons (Fsp3) is 0.167. The van der Waals surface area contributed by atoms with Crippen molar-refractivity contribution in [3.63, 3.8) is 0 Å². The fourth-order valence-corrected chi connectivity index (χ4v) is 2.17. The van der Waals surface area contributed by atoms with Gasteiger partial charge in [-0.3, -0.25) is 25.2 Å². The lowest BCUT2D eigenvalue weighted by molar-refractivity contribution is -0.129. The minimum absolute atomic E-state index is 0.0463. The average Bonchev–Trinajstić information content (AvgIpc) is 2.66. The number of benzene rings is 2. The molecule has 142 valence electrons. The summed E-state index contributed by atoms with van der Waals surface area (Å²) in [5.41, 5.74) is 4.68. The highest BCUT2D eigenvalue weighted by Crippen LogP contribution is 2.14. The van der Waals surface area contributed by atoms with Crippen LogP contribution in [-0.2, 0) is 9.59 Å². The van der Waals surface area contributed by atoms with Gasteiger partial charge in [-0.2, -0.15) is 0 Å². The Kier molecular flexibility index (Phi) is 7.57. The van der Waals surface area contributed by atoms with Gasteiger partial charge in [0.1, 0.15) is 11.6 Å². The van der Waals surface area contributed by atoms with Crippen molar-refractivity contribution in [2.24, 2.45) is 0 Å². The molecule has 3 amide bonds. The van der Waals surface area contributed by atoms with E-state index in [0.29, 0.717) is 16.3 Å². The second kappa shape index (κ2) is 10.1. The Balaban J connectivity index is 1.62. The first-order chi connectivity index (χ1) is 13.0. The van der Waals surface area contributed by atoms with Crippen LogP contribution < -0.4 is 20.9 Å². The van der Waals surface area contributed by atoms with Gasteiger partial charge in [0.25, 0.3) is 11.8 Å². The van der Waals surface area contributed by atoms with E-state index in [1.54, 1.807) is 24.3 Å². The average molecular weight is 394 g/mol. The van der Waals surface area contributed by atoms with Crippen molar-refractivity contribution in [1.82, 2.24) is 16.2 Å². The lowest BCUT2D eigenvalue weighted by Crippen LogP contribution is -2.44. The molecule has 0 heterocycles. The molecule has 2 rings (SSSR count). The van der Waals surface area contributed by atoms with E-state index in [0.717, 1.165) is 0 Å². The fourth-order valence-electron chi connectivity index (χ4n) is 1.95. The van der Waals surface area contributed by atoms with Crippen LogP contribution in [0.25, 0.3) is 0 Å². The van der Waals surface area contributed by atoms with Crippen molar-refractivity contribution in [3.8, 4) is 5.75 Å². The molecule has 0 unspecified atom stereocenters. The molecule has 2 aromatic rings. The van der Waals surface area contributed by atoms with Crippen LogP contribution in [0.4, 0.5) is 4.39 Å². The Morgan fingerprint density at radius 2 is 1.63 bits per heavy atom. The number of hydrogen-bond acceptors (Lipinski definition) is 4. The Morgan fingerprint density at radius 1 is 0.963 bits per heavy atom. The number of carbonyl (C=O) groups is 3. The maximum Gasteiger partial charge on any atom is 0.276 e. The monoisotopic (exact) mass is 393 g/mol. The van der Waals surface area contributed by atoms with Crippen LogP contribution in [0.1, 0.15) is 16.8 Å². The zero-order chi connectivity index (χ0) is 19.6. The summed E-state index contributed by atoms with van der Waals surface area (Å²) in [5, 5.41) is 2.87. The first kappa shape index (κ1) is 20.2. The predicted molar refractivity (Wildman–Crippen MR) is 96.6 cm³/mol. The van der Waals surface area contributed by atoms with Crippen molar-refractivity contribution in [1.29, 1.82) is 0 Å². The minimum Gasteiger partial charge on any atom is -0.484 e. The van der Waals surface area contributed by atoms with Crippen molar-refractivity contribution in [2.45, 2.75) is 6.42 Å². The number of carbonyl (C=O) groups excluding carboxylic acids is 3. The highest BCUT2D eigenvalue weighted by Gasteiger charge is 2.10. The number of hydrazine groups is 1. The van der Waals surface area contributed by atoms with Gasteiger partial charge in [-0.25, -0.2) is 4.39 Å². The molecule has 0 aliphatic rings. The molecule has 0 saturated heterocycles. The molecule has 0 bridgehead atoms. The van der Waals surface area contributed by atoms with Crippen LogP contribution in [0.2, 0.25) is 5.02 Å². The van der Waals surface area contributed by atoms with Gasteiger partial charge in [-0.15, -0.1) is 0 Å². The normalized spacial score (nSPS) is 10.0. The van der Waals surface area contributed by atoms with Crippen LogP contribution in [0.3, 0.4) is 0 Å². The van der Waals surface area contributed by atoms with E-state index in [1.165, 1.54) is 24.3 Å². The minimum atomic E-state index is -0.590. The zero-order valence-corrected chi connectivity index (χ0v) is 14.9. The Hall–Kier alpha value is -3.13. The van der Waals surface area contributed by atoms with Gasteiger partial charge in [0.15, 0.2) is 6.61 Å². The van der Waals surface area contributed by atoms with Crippen LogP contribution in [0.15, 0.2) is 48.5 Å². The first-order valence-electron chi connectivity index (χ1n) is 7.94. The molecule has 3 N–H and O–H groups in total. The van der Waals surface area contributed by atoms with Gasteiger partial charge in [0.05, 0.1) is 10.6 Å². The Bertz CT molecular complexity index is 815. The molecular weight excluding hydrogens is 377 g/mol. The van der Waals surface area contributed by atoms with Crippen molar-refractivity contribution >= 4 is 29.3 Å². The molecule has 0 aromatic heterocycles. The second-order valence-corrected chi connectivity index (χ2v) is 5.73. The van der Waals surface area contributed by atoms with Gasteiger partial charge >= 0.3 is 0 Å². The largest absolute Gasteiger partial charge is 0.484 e. The third-order valence-corrected chi connectivity index (χ3v) is 3.61. The van der Waals surface area contributed by atoms with Crippen molar-refractivity contribution < 1.29 is 23.5 Å². The van der Waals surface area contributed by atoms with E-state index in [1.807, 2.05) is 0 Å². The van der Waals surface area contributed by atoms with Gasteiger partial charge < -0.3 is 10.1 Å². The molecule has 0 aliphatic carbocycles. The van der Waals surface area contributed by atoms with Gasteiger partial charge in [0, 0.05) is 13.0 Å². The summed E-state index contributed by atoms with van der Waals surface area (Å²) in [6.07, 6.45) is -0.0463. The summed E-state index contributed by atoms with van der Waals surface area (Å²) in [5.74, 6) is -1.58. The summed E-state index contributed by atoms with van der Waals surface area (Å²) in [6.45, 7) is -0.285. The third kappa shape index (κ3) is 6.95. The molecule has 0 aliphatic heterocycles. The summed E-state index contributed by atoms with van der Waals surface area (Å²) < 4.78 is 17.9. The smallest absolute Gasteiger partial charge is 0.276 e. The molecular formula is C18H17ClFN3O4. The summed E-state index contributed by atoms with van der Waals surface area (Å²) >= 11 is 5.91. The number of halogens is 2. The van der Waals surface area contributed by atoms with E-state index in [4.69, 9.17) is 16.3 Å². The van der Waals surface area contributed by atoms with Crippen molar-refractivity contribution in [2.75, 3.05) is 13.2 Å². The number of nitrogens with one attached hydrogen (secondary N) is 3. The zero-order valence-electron chi connectivity index (χ0n) is 14.1. The lowest BCUT2D eigenvalue weighted by atomic mass is 10.2. The number of rotatable bonds is 7. The van der Waals surface area contributed by atoms with Crippen molar-refractivity contribution in [3.05, 3.63) is 64.9 Å². The van der Waals surface area contributed by atoms with E-state index < -0.39 is 23.5 Å². The summed E-state index contributed by atoms with van der Waals surface area (Å²) in [7, 11) is 0. The summed E-state index contributed by atoms with van der Waals surface area (Å²) in [4.78, 5) is 35.2. The lowest BCUT2D eigenvalue weighted by Gasteiger charge is -2.09. The van der Waals surface area contributed by atoms with E-state index >= 15 is 0 Å². The Labute approximate surface area is 159 Å². The molecule has 2 aromatic carbocycles.